The smallest absolute Gasteiger partial charge is 0.247 e. The summed E-state index contributed by atoms with van der Waals surface area (Å²) >= 11 is 0. The van der Waals surface area contributed by atoms with Crippen LogP contribution in [0.3, 0.4) is 0 Å². The first-order valence-electron chi connectivity index (χ1n) is 6.57. The fourth-order valence-electron chi connectivity index (χ4n) is 2.17. The molecule has 2 N–H and O–H groups in total. The normalized spacial score (nSPS) is 21.2. The highest BCUT2D eigenvalue weighted by Gasteiger charge is 2.40. The Labute approximate surface area is 111 Å². The maximum absolute atomic E-state index is 12.1. The third kappa shape index (κ3) is 2.98. The van der Waals surface area contributed by atoms with E-state index < -0.39 is 6.04 Å². The van der Waals surface area contributed by atoms with Crippen LogP contribution in [0.25, 0.3) is 0 Å². The second-order valence-electron chi connectivity index (χ2n) is 4.75. The number of nitrogens with one attached hydrogen (secondary N) is 2. The Bertz CT molecular complexity index is 445. The molecule has 1 aromatic heterocycles. The van der Waals surface area contributed by atoms with Crippen molar-refractivity contribution in [1.82, 2.24) is 25.4 Å². The Morgan fingerprint density at radius 3 is 3.00 bits per heavy atom. The second kappa shape index (κ2) is 5.92. The number of aromatic nitrogens is 3. The largest absolute Gasteiger partial charge is 0.305 e. The van der Waals surface area contributed by atoms with Gasteiger partial charge < -0.3 is 5.32 Å². The number of H-pyrrole nitrogens is 1. The van der Waals surface area contributed by atoms with Crippen molar-refractivity contribution in [2.24, 2.45) is 0 Å². The van der Waals surface area contributed by atoms with Gasteiger partial charge >= 0.3 is 0 Å². The quantitative estimate of drug-likeness (QED) is 0.699. The molecule has 0 radical (unpaired) electrons. The summed E-state index contributed by atoms with van der Waals surface area (Å²) in [6.07, 6.45) is 3.13. The van der Waals surface area contributed by atoms with Crippen molar-refractivity contribution in [2.45, 2.75) is 45.2 Å². The molecule has 1 saturated heterocycles. The van der Waals surface area contributed by atoms with Crippen LogP contribution in [0.1, 0.15) is 32.5 Å². The van der Waals surface area contributed by atoms with Crippen LogP contribution in [0.4, 0.5) is 0 Å². The van der Waals surface area contributed by atoms with E-state index in [0.717, 1.165) is 12.2 Å². The van der Waals surface area contributed by atoms with Gasteiger partial charge in [-0.1, -0.05) is 6.92 Å². The molecule has 2 unspecified atom stereocenters. The molecular weight excluding hydrogens is 246 g/mol. The summed E-state index contributed by atoms with van der Waals surface area (Å²) in [7, 11) is 0. The number of likely N-dealkylation sites (tertiary alicyclic amines) is 1. The molecule has 1 aliphatic heterocycles. The number of imide groups is 1. The van der Waals surface area contributed by atoms with Crippen LogP contribution in [0.5, 0.6) is 0 Å². The van der Waals surface area contributed by atoms with Gasteiger partial charge in [-0.25, -0.2) is 4.98 Å². The van der Waals surface area contributed by atoms with Gasteiger partial charge in [0.15, 0.2) is 0 Å². The SMILES string of the molecule is CCC(C)N1C(=O)CC(NCCc2ncn[nH]2)C1=O. The number of carbonyl (C=O) groups excluding carboxylic acids is 2. The minimum atomic E-state index is -0.399. The lowest BCUT2D eigenvalue weighted by atomic mass is 10.2. The average molecular weight is 265 g/mol. The van der Waals surface area contributed by atoms with Gasteiger partial charge in [-0.3, -0.25) is 19.6 Å². The lowest BCUT2D eigenvalue weighted by Gasteiger charge is -2.21. The molecular formula is C12H19N5O2. The highest BCUT2D eigenvalue weighted by molar-refractivity contribution is 6.05. The van der Waals surface area contributed by atoms with Gasteiger partial charge in [0.05, 0.1) is 12.5 Å². The highest BCUT2D eigenvalue weighted by atomic mass is 16.2. The second-order valence-corrected chi connectivity index (χ2v) is 4.75. The molecule has 0 saturated carbocycles. The van der Waals surface area contributed by atoms with Crippen LogP contribution in [0.15, 0.2) is 6.33 Å². The van der Waals surface area contributed by atoms with Gasteiger partial charge in [-0.05, 0) is 13.3 Å². The molecule has 2 atom stereocenters. The zero-order chi connectivity index (χ0) is 13.8. The fourth-order valence-corrected chi connectivity index (χ4v) is 2.17. The molecule has 1 fully saturated rings. The molecule has 0 bridgehead atoms. The lowest BCUT2D eigenvalue weighted by Crippen LogP contribution is -2.43. The van der Waals surface area contributed by atoms with Gasteiger partial charge in [0.25, 0.3) is 0 Å². The van der Waals surface area contributed by atoms with E-state index in [-0.39, 0.29) is 24.3 Å². The zero-order valence-electron chi connectivity index (χ0n) is 11.2. The molecule has 1 aliphatic rings. The van der Waals surface area contributed by atoms with Crippen LogP contribution in [-0.2, 0) is 16.0 Å². The standard InChI is InChI=1S/C12H19N5O2/c1-3-8(2)17-11(18)6-9(12(17)19)13-5-4-10-14-7-15-16-10/h7-9,13H,3-6H2,1-2H3,(H,14,15,16). The minimum Gasteiger partial charge on any atom is -0.305 e. The van der Waals surface area contributed by atoms with Crippen molar-refractivity contribution in [3.8, 4) is 0 Å². The predicted octanol–water partition coefficient (Wildman–Crippen LogP) is -0.137. The van der Waals surface area contributed by atoms with Gasteiger partial charge in [0.2, 0.25) is 11.8 Å². The summed E-state index contributed by atoms with van der Waals surface area (Å²) in [5, 5.41) is 9.62. The molecule has 2 amide bonds. The summed E-state index contributed by atoms with van der Waals surface area (Å²) in [6, 6.07) is -0.425. The molecule has 7 nitrogen and oxygen atoms in total. The number of aromatic amines is 1. The van der Waals surface area contributed by atoms with E-state index >= 15 is 0 Å². The summed E-state index contributed by atoms with van der Waals surface area (Å²) in [5.41, 5.74) is 0. The number of carbonyl (C=O) groups is 2. The van der Waals surface area contributed by atoms with E-state index in [0.29, 0.717) is 13.0 Å². The number of hydrogen-bond acceptors (Lipinski definition) is 5. The summed E-state index contributed by atoms with van der Waals surface area (Å²) in [6.45, 7) is 4.45. The average Bonchev–Trinajstić information content (AvgIpc) is 2.98. The Morgan fingerprint density at radius 1 is 1.58 bits per heavy atom. The molecule has 7 heteroatoms. The topological polar surface area (TPSA) is 91.0 Å². The van der Waals surface area contributed by atoms with Crippen LogP contribution in [0, 0.1) is 0 Å². The van der Waals surface area contributed by atoms with E-state index in [4.69, 9.17) is 0 Å². The third-order valence-corrected chi connectivity index (χ3v) is 3.43. The van der Waals surface area contributed by atoms with E-state index in [1.165, 1.54) is 11.2 Å². The van der Waals surface area contributed by atoms with Crippen molar-refractivity contribution in [3.05, 3.63) is 12.2 Å². The van der Waals surface area contributed by atoms with Crippen LogP contribution in [0.2, 0.25) is 0 Å². The zero-order valence-corrected chi connectivity index (χ0v) is 11.2. The summed E-state index contributed by atoms with van der Waals surface area (Å²) in [5.74, 6) is 0.566. The molecule has 0 aromatic carbocycles. The molecule has 0 spiro atoms. The first-order valence-corrected chi connectivity index (χ1v) is 6.57. The van der Waals surface area contributed by atoms with Crippen LogP contribution >= 0.6 is 0 Å². The third-order valence-electron chi connectivity index (χ3n) is 3.43. The van der Waals surface area contributed by atoms with Crippen molar-refractivity contribution in [1.29, 1.82) is 0 Å². The van der Waals surface area contributed by atoms with E-state index in [1.807, 2.05) is 13.8 Å². The van der Waals surface area contributed by atoms with Crippen molar-refractivity contribution in [2.75, 3.05) is 6.54 Å². The number of amides is 2. The van der Waals surface area contributed by atoms with Gasteiger partial charge in [0, 0.05) is 19.0 Å². The fraction of sp³-hybridized carbons (Fsp3) is 0.667. The number of rotatable bonds is 6. The van der Waals surface area contributed by atoms with Crippen LogP contribution in [-0.4, -0.2) is 50.5 Å². The monoisotopic (exact) mass is 265 g/mol. The van der Waals surface area contributed by atoms with Gasteiger partial charge in [0.1, 0.15) is 12.2 Å². The summed E-state index contributed by atoms with van der Waals surface area (Å²) < 4.78 is 0. The molecule has 19 heavy (non-hydrogen) atoms. The van der Waals surface area contributed by atoms with E-state index in [2.05, 4.69) is 20.5 Å². The Balaban J connectivity index is 1.85. The minimum absolute atomic E-state index is 0.0268. The van der Waals surface area contributed by atoms with E-state index in [9.17, 15) is 9.59 Å². The lowest BCUT2D eigenvalue weighted by molar-refractivity contribution is -0.141. The van der Waals surface area contributed by atoms with Gasteiger partial charge in [-0.15, -0.1) is 0 Å². The highest BCUT2D eigenvalue weighted by Crippen LogP contribution is 2.17. The van der Waals surface area contributed by atoms with E-state index in [1.54, 1.807) is 0 Å². The Morgan fingerprint density at radius 2 is 2.37 bits per heavy atom. The Hall–Kier alpha value is -1.76. The molecule has 104 valence electrons. The Kier molecular flexibility index (Phi) is 4.26. The number of hydrogen-bond donors (Lipinski definition) is 2. The molecule has 2 heterocycles. The molecule has 1 aromatic rings. The molecule has 2 rings (SSSR count). The predicted molar refractivity (Wildman–Crippen MR) is 68.1 cm³/mol. The van der Waals surface area contributed by atoms with Gasteiger partial charge in [-0.2, -0.15) is 5.10 Å². The molecule has 0 aliphatic carbocycles. The number of nitrogens with zero attached hydrogens (tertiary/aromatic N) is 3. The first kappa shape index (κ1) is 13.7. The van der Waals surface area contributed by atoms with Crippen molar-refractivity contribution in [3.63, 3.8) is 0 Å². The summed E-state index contributed by atoms with van der Waals surface area (Å²) in [4.78, 5) is 29.3. The van der Waals surface area contributed by atoms with Crippen LogP contribution < -0.4 is 5.32 Å². The first-order chi connectivity index (χ1) is 9.13. The maximum atomic E-state index is 12.1. The maximum Gasteiger partial charge on any atom is 0.247 e. The van der Waals surface area contributed by atoms with Crippen molar-refractivity contribution < 1.29 is 9.59 Å². The van der Waals surface area contributed by atoms with Crippen molar-refractivity contribution >= 4 is 11.8 Å².